The standard InChI is InChI=1S/C22H27N3O2S.ClH/c1-4-12-25-20(26)18-19(24-21(25)28-5-2)17-7-6-16(27-3)13-15(17)14-22(18)8-10-23-11-9-22;/h4,6-7,13,23H,1,5,8-12,14H2,2-3H3;1H. The first-order valence-electron chi connectivity index (χ1n) is 9.90. The molecule has 4 rings (SSSR count). The predicted molar refractivity (Wildman–Crippen MR) is 122 cm³/mol. The minimum absolute atomic E-state index is 0. The summed E-state index contributed by atoms with van der Waals surface area (Å²) >= 11 is 1.61. The number of rotatable bonds is 5. The topological polar surface area (TPSA) is 56.2 Å². The molecule has 1 aliphatic heterocycles. The summed E-state index contributed by atoms with van der Waals surface area (Å²) in [6.45, 7) is 8.27. The molecule has 0 unspecified atom stereocenters. The molecule has 1 aromatic carbocycles. The van der Waals surface area contributed by atoms with Crippen LogP contribution in [0.2, 0.25) is 0 Å². The van der Waals surface area contributed by atoms with Crippen LogP contribution in [0.4, 0.5) is 0 Å². The van der Waals surface area contributed by atoms with E-state index >= 15 is 0 Å². The van der Waals surface area contributed by atoms with Gasteiger partial charge in [0.1, 0.15) is 5.75 Å². The zero-order valence-corrected chi connectivity index (χ0v) is 18.6. The van der Waals surface area contributed by atoms with Crippen molar-refractivity contribution in [2.24, 2.45) is 0 Å². The van der Waals surface area contributed by atoms with E-state index in [1.807, 2.05) is 6.07 Å². The van der Waals surface area contributed by atoms with Gasteiger partial charge in [-0.3, -0.25) is 9.36 Å². The van der Waals surface area contributed by atoms with Crippen molar-refractivity contribution in [3.63, 3.8) is 0 Å². The van der Waals surface area contributed by atoms with Crippen LogP contribution in [0.1, 0.15) is 30.9 Å². The van der Waals surface area contributed by atoms with Crippen LogP contribution in [0.3, 0.4) is 0 Å². The first-order valence-corrected chi connectivity index (χ1v) is 10.9. The third-order valence-corrected chi connectivity index (χ3v) is 6.77. The van der Waals surface area contributed by atoms with Gasteiger partial charge in [-0.25, -0.2) is 4.98 Å². The van der Waals surface area contributed by atoms with Crippen LogP contribution < -0.4 is 15.6 Å². The van der Waals surface area contributed by atoms with E-state index in [-0.39, 0.29) is 23.4 Å². The van der Waals surface area contributed by atoms with Crippen LogP contribution in [0, 0.1) is 0 Å². The average molecular weight is 434 g/mol. The Labute approximate surface area is 182 Å². The summed E-state index contributed by atoms with van der Waals surface area (Å²) < 4.78 is 7.27. The van der Waals surface area contributed by atoms with Crippen LogP contribution >= 0.6 is 24.2 Å². The number of halogens is 1. The number of hydrogen-bond acceptors (Lipinski definition) is 5. The Morgan fingerprint density at radius 2 is 2.14 bits per heavy atom. The van der Waals surface area contributed by atoms with Gasteiger partial charge in [0.05, 0.1) is 18.4 Å². The smallest absolute Gasteiger partial charge is 0.258 e. The van der Waals surface area contributed by atoms with E-state index in [2.05, 4.69) is 31.0 Å². The summed E-state index contributed by atoms with van der Waals surface area (Å²) in [4.78, 5) is 18.8. The lowest BCUT2D eigenvalue weighted by molar-refractivity contribution is 0.296. The highest BCUT2D eigenvalue weighted by molar-refractivity contribution is 7.99. The lowest BCUT2D eigenvalue weighted by Gasteiger charge is -2.42. The van der Waals surface area contributed by atoms with Crippen LogP contribution in [-0.2, 0) is 18.4 Å². The van der Waals surface area contributed by atoms with Crippen molar-refractivity contribution in [3.8, 4) is 17.0 Å². The molecule has 2 heterocycles. The quantitative estimate of drug-likeness (QED) is 0.441. The molecule has 2 aliphatic rings. The van der Waals surface area contributed by atoms with Gasteiger partial charge in [-0.05, 0) is 61.9 Å². The number of piperidine rings is 1. The van der Waals surface area contributed by atoms with Crippen molar-refractivity contribution in [1.29, 1.82) is 0 Å². The summed E-state index contributed by atoms with van der Waals surface area (Å²) in [7, 11) is 1.70. The summed E-state index contributed by atoms with van der Waals surface area (Å²) in [6.07, 6.45) is 4.54. The maximum atomic E-state index is 13.7. The van der Waals surface area contributed by atoms with Crippen molar-refractivity contribution in [2.75, 3.05) is 26.0 Å². The maximum absolute atomic E-state index is 13.7. The van der Waals surface area contributed by atoms with E-state index in [4.69, 9.17) is 9.72 Å². The van der Waals surface area contributed by atoms with Crippen molar-refractivity contribution < 1.29 is 4.74 Å². The van der Waals surface area contributed by atoms with Crippen molar-refractivity contribution in [2.45, 2.75) is 43.3 Å². The van der Waals surface area contributed by atoms with Gasteiger partial charge in [0.25, 0.3) is 5.56 Å². The fourth-order valence-corrected chi connectivity index (χ4v) is 5.32. The third-order valence-electron chi connectivity index (χ3n) is 5.91. The molecule has 2 aromatic rings. The van der Waals surface area contributed by atoms with Gasteiger partial charge in [0.2, 0.25) is 0 Å². The van der Waals surface area contributed by atoms with Gasteiger partial charge in [-0.2, -0.15) is 0 Å². The number of nitrogens with zero attached hydrogens (tertiary/aromatic N) is 2. The Morgan fingerprint density at radius 1 is 1.38 bits per heavy atom. The number of nitrogens with one attached hydrogen (secondary N) is 1. The number of fused-ring (bicyclic) bond motifs is 4. The van der Waals surface area contributed by atoms with E-state index in [0.29, 0.717) is 6.54 Å². The van der Waals surface area contributed by atoms with Gasteiger partial charge in [-0.15, -0.1) is 19.0 Å². The van der Waals surface area contributed by atoms with Gasteiger partial charge in [-0.1, -0.05) is 24.8 Å². The number of hydrogen-bond donors (Lipinski definition) is 1. The average Bonchev–Trinajstić information content (AvgIpc) is 2.71. The molecule has 1 aromatic heterocycles. The Bertz CT molecular complexity index is 967. The summed E-state index contributed by atoms with van der Waals surface area (Å²) in [5.74, 6) is 1.72. The van der Waals surface area contributed by atoms with Crippen LogP contribution in [-0.4, -0.2) is 35.5 Å². The predicted octanol–water partition coefficient (Wildman–Crippen LogP) is 3.82. The molecule has 0 bridgehead atoms. The second kappa shape index (κ2) is 8.94. The molecular formula is C22H28ClN3O2S. The third kappa shape index (κ3) is 3.74. The van der Waals surface area contributed by atoms with E-state index in [9.17, 15) is 4.79 Å². The number of allylic oxidation sites excluding steroid dienone is 1. The fourth-order valence-electron chi connectivity index (χ4n) is 4.60. The van der Waals surface area contributed by atoms with E-state index in [0.717, 1.165) is 65.8 Å². The molecule has 1 spiro atoms. The van der Waals surface area contributed by atoms with Crippen molar-refractivity contribution >= 4 is 24.2 Å². The van der Waals surface area contributed by atoms with Crippen LogP contribution in [0.25, 0.3) is 11.3 Å². The molecule has 0 radical (unpaired) electrons. The Balaban J connectivity index is 0.00000240. The monoisotopic (exact) mass is 433 g/mol. The molecule has 5 nitrogen and oxygen atoms in total. The normalized spacial score (nSPS) is 16.5. The molecule has 29 heavy (non-hydrogen) atoms. The largest absolute Gasteiger partial charge is 0.497 e. The second-order valence-electron chi connectivity index (χ2n) is 7.49. The number of thioether (sulfide) groups is 1. The van der Waals surface area contributed by atoms with E-state index in [1.165, 1.54) is 5.56 Å². The van der Waals surface area contributed by atoms with Gasteiger partial charge in [0, 0.05) is 17.5 Å². The number of aromatic nitrogens is 2. The maximum Gasteiger partial charge on any atom is 0.258 e. The Hall–Kier alpha value is -1.76. The lowest BCUT2D eigenvalue weighted by atomic mass is 9.65. The molecule has 0 saturated carbocycles. The molecule has 7 heteroatoms. The van der Waals surface area contributed by atoms with Gasteiger partial charge >= 0.3 is 0 Å². The van der Waals surface area contributed by atoms with Crippen LogP contribution in [0.15, 0.2) is 40.8 Å². The highest BCUT2D eigenvalue weighted by Gasteiger charge is 2.43. The molecule has 1 aliphatic carbocycles. The molecular weight excluding hydrogens is 406 g/mol. The molecule has 0 amide bonds. The number of benzene rings is 1. The Kier molecular flexibility index (Phi) is 6.76. The Morgan fingerprint density at radius 3 is 2.79 bits per heavy atom. The summed E-state index contributed by atoms with van der Waals surface area (Å²) in [6, 6.07) is 6.14. The molecule has 1 saturated heterocycles. The van der Waals surface area contributed by atoms with Crippen molar-refractivity contribution in [1.82, 2.24) is 14.9 Å². The lowest BCUT2D eigenvalue weighted by Crippen LogP contribution is -2.48. The first-order chi connectivity index (χ1) is 13.6. The first kappa shape index (κ1) is 21.9. The minimum Gasteiger partial charge on any atom is -0.497 e. The molecule has 156 valence electrons. The summed E-state index contributed by atoms with van der Waals surface area (Å²) in [5, 5.41) is 4.23. The van der Waals surface area contributed by atoms with Crippen LogP contribution in [0.5, 0.6) is 5.75 Å². The van der Waals surface area contributed by atoms with Crippen molar-refractivity contribution in [3.05, 3.63) is 52.3 Å². The zero-order chi connectivity index (χ0) is 19.7. The number of methoxy groups -OCH3 is 1. The fraction of sp³-hybridized carbons (Fsp3) is 0.455. The molecule has 0 atom stereocenters. The molecule has 1 fully saturated rings. The highest BCUT2D eigenvalue weighted by atomic mass is 35.5. The molecule has 1 N–H and O–H groups in total. The SMILES string of the molecule is C=CCn1c(SCC)nc2c(c1=O)C1(CCNCC1)Cc1cc(OC)ccc1-2.Cl. The second-order valence-corrected chi connectivity index (χ2v) is 8.72. The van der Waals surface area contributed by atoms with Gasteiger partial charge in [0.15, 0.2) is 5.16 Å². The number of ether oxygens (including phenoxy) is 1. The zero-order valence-electron chi connectivity index (χ0n) is 17.0. The summed E-state index contributed by atoms with van der Waals surface area (Å²) in [5.41, 5.74) is 4.00. The minimum atomic E-state index is -0.164. The van der Waals surface area contributed by atoms with E-state index < -0.39 is 0 Å². The van der Waals surface area contributed by atoms with Gasteiger partial charge < -0.3 is 10.1 Å². The van der Waals surface area contributed by atoms with E-state index in [1.54, 1.807) is 29.5 Å². The highest BCUT2D eigenvalue weighted by Crippen LogP contribution is 2.46.